The first-order chi connectivity index (χ1) is 18.2. The summed E-state index contributed by atoms with van der Waals surface area (Å²) in [6.45, 7) is 3.81. The molecule has 5 nitrogen and oxygen atoms in total. The molecular formula is C28H24Br2F2K2O5. The van der Waals surface area contributed by atoms with Crippen molar-refractivity contribution in [2.45, 2.75) is 13.8 Å². The molecule has 39 heavy (non-hydrogen) atoms. The molecule has 0 aliphatic heterocycles. The van der Waals surface area contributed by atoms with Gasteiger partial charge in [0.25, 0.3) is 6.47 Å². The standard InChI is InChI=1S/C13H10BrFO.C13H9BrO.CH3F.CH2O3.2K.H/c1-8-6-10(13(16)11(14)7-8)9-4-2-3-5-12(9)15;1-8-6-10-9-4-2-3-5-12(9)15-13(10)11(14)7-8;1-2;2-1-4-3;;;/h2-7,16H,1H3;2-7H,1H3;1H3;1,3H;;;/q;;;;2*+1;-1/p-1/i;;1D;;;;. The second kappa shape index (κ2) is 20.0. The molecule has 4 aromatic carbocycles. The van der Waals surface area contributed by atoms with Gasteiger partial charge in [0.05, 0.1) is 17.5 Å². The smallest absolute Gasteiger partial charge is 1.00 e. The van der Waals surface area contributed by atoms with Gasteiger partial charge in [-0.2, -0.15) is 0 Å². The summed E-state index contributed by atoms with van der Waals surface area (Å²) in [6, 6.07) is 22.3. The molecule has 1 N–H and O–H groups in total. The van der Waals surface area contributed by atoms with Crippen LogP contribution in [0.15, 0.2) is 86.2 Å². The van der Waals surface area contributed by atoms with Crippen molar-refractivity contribution in [3.05, 3.63) is 98.7 Å². The predicted molar refractivity (Wildman–Crippen MR) is 147 cm³/mol. The molecule has 11 heteroatoms. The molecule has 0 bridgehead atoms. The van der Waals surface area contributed by atoms with E-state index in [0.717, 1.165) is 21.2 Å². The van der Waals surface area contributed by atoms with Gasteiger partial charge < -0.3 is 21.1 Å². The Labute approximate surface area is 330 Å². The summed E-state index contributed by atoms with van der Waals surface area (Å²) < 4.78 is 36.5. The molecule has 0 spiro atoms. The van der Waals surface area contributed by atoms with Crippen molar-refractivity contribution in [3.63, 3.8) is 0 Å². The van der Waals surface area contributed by atoms with Crippen molar-refractivity contribution in [1.82, 2.24) is 0 Å². The van der Waals surface area contributed by atoms with Gasteiger partial charge in [-0.15, -0.1) is 0 Å². The molecule has 5 rings (SSSR count). The SMILES string of the molecule is Cc1cc(Br)c(O)c(-c2ccccc2F)c1.Cc1cc(Br)c2oc3ccccc3c2c1.O=CO[O-].[2H]CF.[H-].[K+].[K+]. The monoisotopic (exact) mass is 715 g/mol. The summed E-state index contributed by atoms with van der Waals surface area (Å²) in [5, 5.41) is 20.7. The zero-order valence-corrected chi connectivity index (χ0v) is 31.2. The maximum Gasteiger partial charge on any atom is 1.00 e. The van der Waals surface area contributed by atoms with Crippen LogP contribution < -0.4 is 108 Å². The van der Waals surface area contributed by atoms with E-state index >= 15 is 0 Å². The quantitative estimate of drug-likeness (QED) is 0.131. The second-order valence-electron chi connectivity index (χ2n) is 7.54. The minimum atomic E-state index is -1.00. The van der Waals surface area contributed by atoms with Crippen molar-refractivity contribution < 1.29 is 139 Å². The van der Waals surface area contributed by atoms with Crippen LogP contribution in [0.3, 0.4) is 0 Å². The van der Waals surface area contributed by atoms with Crippen LogP contribution in [0, 0.1) is 19.7 Å². The fraction of sp³-hybridized carbons (Fsp3) is 0.107. The molecule has 0 aliphatic carbocycles. The van der Waals surface area contributed by atoms with E-state index in [4.69, 9.17) is 15.8 Å². The van der Waals surface area contributed by atoms with E-state index in [9.17, 15) is 13.9 Å². The van der Waals surface area contributed by atoms with Gasteiger partial charge in [0.1, 0.15) is 22.7 Å². The molecule has 0 radical (unpaired) electrons. The summed E-state index contributed by atoms with van der Waals surface area (Å²) in [5.41, 5.74) is 4.99. The van der Waals surface area contributed by atoms with Crippen LogP contribution in [0.25, 0.3) is 33.1 Å². The Kier molecular flexibility index (Phi) is 19.0. The summed E-state index contributed by atoms with van der Waals surface area (Å²) >= 11 is 6.78. The van der Waals surface area contributed by atoms with Crippen molar-refractivity contribution in [2.24, 2.45) is 0 Å². The number of benzene rings is 4. The summed E-state index contributed by atoms with van der Waals surface area (Å²) in [4.78, 5) is 11.2. The number of hydrogen-bond acceptors (Lipinski definition) is 5. The van der Waals surface area contributed by atoms with E-state index in [2.05, 4.69) is 61.9 Å². The van der Waals surface area contributed by atoms with E-state index in [1.165, 1.54) is 22.4 Å². The number of phenols is 1. The molecule has 0 fully saturated rings. The topological polar surface area (TPSA) is 82.7 Å². The number of rotatable bonds is 2. The van der Waals surface area contributed by atoms with Crippen LogP contribution in [0.1, 0.15) is 13.9 Å². The molecule has 5 aromatic rings. The van der Waals surface area contributed by atoms with Crippen LogP contribution in [-0.2, 0) is 9.68 Å². The number of aromatic hydroxyl groups is 1. The van der Waals surface area contributed by atoms with E-state index in [-0.39, 0.29) is 122 Å². The van der Waals surface area contributed by atoms with Crippen molar-refractivity contribution in [2.75, 3.05) is 7.15 Å². The van der Waals surface area contributed by atoms with Gasteiger partial charge in [-0.25, -0.2) is 4.39 Å². The third kappa shape index (κ3) is 11.0. The number of halogens is 4. The predicted octanol–water partition coefficient (Wildman–Crippen LogP) is 2.07. The molecule has 196 valence electrons. The Morgan fingerprint density at radius 1 is 0.949 bits per heavy atom. The zero-order chi connectivity index (χ0) is 28.2. The molecule has 1 aromatic heterocycles. The third-order valence-corrected chi connectivity index (χ3v) is 6.18. The first-order valence-corrected chi connectivity index (χ1v) is 12.2. The molecule has 0 atom stereocenters. The number of carbonyl (C=O) groups is 1. The van der Waals surface area contributed by atoms with Crippen LogP contribution >= 0.6 is 31.9 Å². The average Bonchev–Trinajstić information content (AvgIpc) is 3.27. The Bertz CT molecular complexity index is 1520. The van der Waals surface area contributed by atoms with E-state index in [1.54, 1.807) is 30.3 Å². The molecule has 0 aliphatic rings. The maximum atomic E-state index is 13.6. The minimum Gasteiger partial charge on any atom is -1.00 e. The van der Waals surface area contributed by atoms with Gasteiger partial charge in [-0.1, -0.05) is 36.4 Å². The minimum absolute atomic E-state index is 0. The second-order valence-corrected chi connectivity index (χ2v) is 9.25. The van der Waals surface area contributed by atoms with Crippen LogP contribution in [-0.4, -0.2) is 18.7 Å². The van der Waals surface area contributed by atoms with Gasteiger partial charge in [0.2, 0.25) is 0 Å². The Morgan fingerprint density at radius 2 is 1.49 bits per heavy atom. The average molecular weight is 718 g/mol. The first-order valence-electron chi connectivity index (χ1n) is 11.3. The fourth-order valence-electron chi connectivity index (χ4n) is 3.54. The number of para-hydroxylation sites is 1. The molecule has 1 heterocycles. The molecule has 0 saturated heterocycles. The Morgan fingerprint density at radius 3 is 2.10 bits per heavy atom. The largest absolute Gasteiger partial charge is 1.00 e. The number of hydrogen-bond donors (Lipinski definition) is 1. The Hall–Kier alpha value is 0.00273. The van der Waals surface area contributed by atoms with Gasteiger partial charge in [0.15, 0.2) is 0 Å². The molecule has 0 unspecified atom stereocenters. The molecule has 0 amide bonds. The molecular weight excluding hydrogens is 692 g/mol. The van der Waals surface area contributed by atoms with Crippen LogP contribution in [0.2, 0.25) is 0 Å². The Balaban J connectivity index is 0. The van der Waals surface area contributed by atoms with E-state index < -0.39 is 7.15 Å². The van der Waals surface area contributed by atoms with Gasteiger partial charge in [-0.05, 0) is 93.2 Å². The van der Waals surface area contributed by atoms with Crippen molar-refractivity contribution in [1.29, 1.82) is 0 Å². The third-order valence-electron chi connectivity index (χ3n) is 4.99. The number of furan rings is 1. The van der Waals surface area contributed by atoms with Gasteiger partial charge >= 0.3 is 103 Å². The maximum absolute atomic E-state index is 13.6. The number of alkyl halides is 1. The zero-order valence-electron chi connectivity index (χ0n) is 23.8. The summed E-state index contributed by atoms with van der Waals surface area (Å²) in [5.74, 6) is -0.272. The number of aryl methyl sites for hydroxylation is 2. The van der Waals surface area contributed by atoms with Gasteiger partial charge in [0, 0.05) is 21.9 Å². The molecule has 0 saturated carbocycles. The van der Waals surface area contributed by atoms with Crippen molar-refractivity contribution in [3.8, 4) is 16.9 Å². The van der Waals surface area contributed by atoms with Crippen LogP contribution in [0.4, 0.5) is 8.78 Å². The summed E-state index contributed by atoms with van der Waals surface area (Å²) in [7, 11) is -1.00. The fourth-order valence-corrected chi connectivity index (χ4v) is 4.77. The normalized spacial score (nSPS) is 9.67. The van der Waals surface area contributed by atoms with Crippen LogP contribution in [0.5, 0.6) is 5.75 Å². The number of carbonyl (C=O) groups excluding carboxylic acids is 1. The summed E-state index contributed by atoms with van der Waals surface area (Å²) in [6.07, 6.45) is 0. The van der Waals surface area contributed by atoms with E-state index in [0.29, 0.717) is 15.6 Å². The van der Waals surface area contributed by atoms with Gasteiger partial charge in [-0.3, -0.25) is 9.18 Å². The number of phenolic OH excluding ortho intramolecular Hbond substituents is 1. The van der Waals surface area contributed by atoms with Crippen molar-refractivity contribution >= 4 is 60.3 Å². The number of fused-ring (bicyclic) bond motifs is 3. The van der Waals surface area contributed by atoms with E-state index in [1.807, 2.05) is 25.1 Å². The first kappa shape index (κ1) is 37.0.